The Hall–Kier alpha value is -2.49. The lowest BCUT2D eigenvalue weighted by atomic mass is 10.1. The van der Waals surface area contributed by atoms with Crippen LogP contribution < -0.4 is 15.4 Å². The molecule has 0 aromatic heterocycles. The SMILES string of the molecule is CCOc1ccc(NC(=O)NCCc2ccccc2)c(C)c1. The topological polar surface area (TPSA) is 50.4 Å². The average molecular weight is 298 g/mol. The zero-order valence-corrected chi connectivity index (χ0v) is 13.1. The molecule has 2 N–H and O–H groups in total. The number of carbonyl (C=O) groups is 1. The number of nitrogens with one attached hydrogen (secondary N) is 2. The van der Waals surface area contributed by atoms with E-state index < -0.39 is 0 Å². The molecule has 0 fully saturated rings. The van der Waals surface area contributed by atoms with E-state index in [4.69, 9.17) is 4.74 Å². The summed E-state index contributed by atoms with van der Waals surface area (Å²) in [6, 6.07) is 15.5. The van der Waals surface area contributed by atoms with E-state index in [9.17, 15) is 4.79 Å². The van der Waals surface area contributed by atoms with Gasteiger partial charge in [-0.15, -0.1) is 0 Å². The van der Waals surface area contributed by atoms with Gasteiger partial charge in [0.2, 0.25) is 0 Å². The molecular weight excluding hydrogens is 276 g/mol. The van der Waals surface area contributed by atoms with Crippen molar-refractivity contribution in [3.63, 3.8) is 0 Å². The van der Waals surface area contributed by atoms with Gasteiger partial charge in [-0.3, -0.25) is 0 Å². The summed E-state index contributed by atoms with van der Waals surface area (Å²) in [4.78, 5) is 11.9. The lowest BCUT2D eigenvalue weighted by Crippen LogP contribution is -2.30. The number of anilines is 1. The Kier molecular flexibility index (Phi) is 5.83. The lowest BCUT2D eigenvalue weighted by Gasteiger charge is -2.11. The van der Waals surface area contributed by atoms with Crippen LogP contribution in [-0.2, 0) is 6.42 Å². The maximum atomic E-state index is 11.9. The third-order valence-electron chi connectivity index (χ3n) is 3.30. The molecule has 0 atom stereocenters. The second kappa shape index (κ2) is 8.08. The summed E-state index contributed by atoms with van der Waals surface area (Å²) in [6.07, 6.45) is 0.816. The highest BCUT2D eigenvalue weighted by molar-refractivity contribution is 5.90. The zero-order valence-electron chi connectivity index (χ0n) is 13.1. The van der Waals surface area contributed by atoms with Gasteiger partial charge >= 0.3 is 6.03 Å². The van der Waals surface area contributed by atoms with Crippen LogP contribution >= 0.6 is 0 Å². The Morgan fingerprint density at radius 1 is 1.14 bits per heavy atom. The van der Waals surface area contributed by atoms with Crippen LogP contribution in [0.4, 0.5) is 10.5 Å². The number of urea groups is 1. The molecule has 2 aromatic rings. The van der Waals surface area contributed by atoms with Gasteiger partial charge in [0.25, 0.3) is 0 Å². The molecule has 0 heterocycles. The summed E-state index contributed by atoms with van der Waals surface area (Å²) in [5.41, 5.74) is 2.98. The van der Waals surface area contributed by atoms with Crippen molar-refractivity contribution in [3.8, 4) is 5.75 Å². The van der Waals surface area contributed by atoms with Crippen LogP contribution in [0.1, 0.15) is 18.1 Å². The van der Waals surface area contributed by atoms with Crippen molar-refractivity contribution >= 4 is 11.7 Å². The summed E-state index contributed by atoms with van der Waals surface area (Å²) < 4.78 is 5.43. The van der Waals surface area contributed by atoms with Crippen LogP contribution in [0.5, 0.6) is 5.75 Å². The van der Waals surface area contributed by atoms with E-state index in [1.165, 1.54) is 5.56 Å². The van der Waals surface area contributed by atoms with E-state index in [2.05, 4.69) is 22.8 Å². The number of rotatable bonds is 6. The van der Waals surface area contributed by atoms with Crippen molar-refractivity contribution in [1.29, 1.82) is 0 Å². The molecular formula is C18H22N2O2. The van der Waals surface area contributed by atoms with E-state index in [1.807, 2.05) is 50.2 Å². The number of ether oxygens (including phenoxy) is 1. The highest BCUT2D eigenvalue weighted by atomic mass is 16.5. The molecule has 0 unspecified atom stereocenters. The first kappa shape index (κ1) is 15.9. The maximum Gasteiger partial charge on any atom is 0.319 e. The number of hydrogen-bond acceptors (Lipinski definition) is 2. The van der Waals surface area contributed by atoms with E-state index in [1.54, 1.807) is 0 Å². The summed E-state index contributed by atoms with van der Waals surface area (Å²) in [5.74, 6) is 0.815. The van der Waals surface area contributed by atoms with Gasteiger partial charge in [-0.05, 0) is 49.6 Å². The summed E-state index contributed by atoms with van der Waals surface area (Å²) >= 11 is 0. The van der Waals surface area contributed by atoms with E-state index in [0.29, 0.717) is 13.2 Å². The van der Waals surface area contributed by atoms with Crippen LogP contribution in [-0.4, -0.2) is 19.2 Å². The van der Waals surface area contributed by atoms with Gasteiger partial charge in [-0.1, -0.05) is 30.3 Å². The number of benzene rings is 2. The Balaban J connectivity index is 1.81. The first-order valence-electron chi connectivity index (χ1n) is 7.51. The first-order chi connectivity index (χ1) is 10.7. The van der Waals surface area contributed by atoms with E-state index in [-0.39, 0.29) is 6.03 Å². The molecule has 4 heteroatoms. The summed E-state index contributed by atoms with van der Waals surface area (Å²) in [7, 11) is 0. The number of hydrogen-bond donors (Lipinski definition) is 2. The normalized spacial score (nSPS) is 10.1. The van der Waals surface area contributed by atoms with Crippen LogP contribution in [0.2, 0.25) is 0 Å². The number of amides is 2. The Labute approximate surface area is 131 Å². The molecule has 0 aliphatic rings. The molecule has 0 saturated carbocycles. The molecule has 0 saturated heterocycles. The van der Waals surface area contributed by atoms with Gasteiger partial charge in [0.15, 0.2) is 0 Å². The molecule has 0 aliphatic carbocycles. The van der Waals surface area contributed by atoms with Crippen molar-refractivity contribution in [2.45, 2.75) is 20.3 Å². The molecule has 2 rings (SSSR count). The minimum atomic E-state index is -0.191. The molecule has 0 bridgehead atoms. The largest absolute Gasteiger partial charge is 0.494 e. The van der Waals surface area contributed by atoms with Crippen LogP contribution in [0.25, 0.3) is 0 Å². The van der Waals surface area contributed by atoms with Gasteiger partial charge in [0, 0.05) is 12.2 Å². The van der Waals surface area contributed by atoms with Gasteiger partial charge < -0.3 is 15.4 Å². The number of carbonyl (C=O) groups excluding carboxylic acids is 1. The second-order valence-corrected chi connectivity index (χ2v) is 5.03. The molecule has 22 heavy (non-hydrogen) atoms. The highest BCUT2D eigenvalue weighted by Crippen LogP contribution is 2.21. The van der Waals surface area contributed by atoms with Crippen LogP contribution in [0.15, 0.2) is 48.5 Å². The van der Waals surface area contributed by atoms with Gasteiger partial charge in [-0.25, -0.2) is 4.79 Å². The van der Waals surface area contributed by atoms with Gasteiger partial charge in [0.05, 0.1) is 6.61 Å². The zero-order chi connectivity index (χ0) is 15.8. The van der Waals surface area contributed by atoms with Crippen molar-refractivity contribution in [3.05, 3.63) is 59.7 Å². The van der Waals surface area contributed by atoms with Crippen molar-refractivity contribution in [2.24, 2.45) is 0 Å². The molecule has 116 valence electrons. The van der Waals surface area contributed by atoms with Crippen molar-refractivity contribution in [2.75, 3.05) is 18.5 Å². The molecule has 4 nitrogen and oxygen atoms in total. The number of aryl methyl sites for hydroxylation is 1. The molecule has 0 aliphatic heterocycles. The molecule has 2 aromatic carbocycles. The minimum absolute atomic E-state index is 0.191. The monoisotopic (exact) mass is 298 g/mol. The molecule has 0 radical (unpaired) electrons. The predicted octanol–water partition coefficient (Wildman–Crippen LogP) is 3.76. The average Bonchev–Trinajstić information content (AvgIpc) is 2.51. The van der Waals surface area contributed by atoms with Gasteiger partial charge in [0.1, 0.15) is 5.75 Å². The summed E-state index contributed by atoms with van der Waals surface area (Å²) in [5, 5.41) is 5.73. The third kappa shape index (κ3) is 4.81. The Morgan fingerprint density at radius 3 is 2.59 bits per heavy atom. The lowest BCUT2D eigenvalue weighted by molar-refractivity contribution is 0.252. The molecule has 0 spiro atoms. The van der Waals surface area contributed by atoms with Crippen molar-refractivity contribution < 1.29 is 9.53 Å². The van der Waals surface area contributed by atoms with E-state index >= 15 is 0 Å². The fourth-order valence-electron chi connectivity index (χ4n) is 2.16. The fourth-order valence-corrected chi connectivity index (χ4v) is 2.16. The van der Waals surface area contributed by atoms with Crippen molar-refractivity contribution in [1.82, 2.24) is 5.32 Å². The summed E-state index contributed by atoms with van der Waals surface area (Å²) in [6.45, 7) is 5.13. The first-order valence-corrected chi connectivity index (χ1v) is 7.51. The highest BCUT2D eigenvalue weighted by Gasteiger charge is 2.05. The fraction of sp³-hybridized carbons (Fsp3) is 0.278. The van der Waals surface area contributed by atoms with Crippen LogP contribution in [0.3, 0.4) is 0 Å². The minimum Gasteiger partial charge on any atom is -0.494 e. The second-order valence-electron chi connectivity index (χ2n) is 5.03. The third-order valence-corrected chi connectivity index (χ3v) is 3.30. The van der Waals surface area contributed by atoms with Crippen LogP contribution in [0, 0.1) is 6.92 Å². The predicted molar refractivity (Wildman–Crippen MR) is 89.5 cm³/mol. The maximum absolute atomic E-state index is 11.9. The van der Waals surface area contributed by atoms with Gasteiger partial charge in [-0.2, -0.15) is 0 Å². The smallest absolute Gasteiger partial charge is 0.319 e. The standard InChI is InChI=1S/C18H22N2O2/c1-3-22-16-9-10-17(14(2)13-16)20-18(21)19-12-11-15-7-5-4-6-8-15/h4-10,13H,3,11-12H2,1-2H3,(H2,19,20,21). The molecule has 2 amide bonds. The Bertz CT molecular complexity index is 612. The van der Waals surface area contributed by atoms with E-state index in [0.717, 1.165) is 23.4 Å². The Morgan fingerprint density at radius 2 is 1.91 bits per heavy atom. The quantitative estimate of drug-likeness (QED) is 0.853.